The Morgan fingerprint density at radius 1 is 0.621 bits per heavy atom. The molecule has 3 aromatic rings. The number of benzene rings is 3. The van der Waals surface area contributed by atoms with Crippen molar-refractivity contribution in [1.82, 2.24) is 0 Å². The third-order valence-corrected chi connectivity index (χ3v) is 4.43. The molecule has 2 N–H and O–H groups in total. The minimum absolute atomic E-state index is 0.0340. The number of hydrogen-bond donors (Lipinski definition) is 2. The van der Waals surface area contributed by atoms with Gasteiger partial charge in [0.05, 0.1) is 24.6 Å². The summed E-state index contributed by atoms with van der Waals surface area (Å²) in [5, 5.41) is 21.0. The number of aliphatic imine (C=N–C) groups is 2. The molecule has 0 unspecified atom stereocenters. The second-order valence-electron chi connectivity index (χ2n) is 6.44. The van der Waals surface area contributed by atoms with Crippen LogP contribution in [-0.2, 0) is 0 Å². The first-order valence-electron chi connectivity index (χ1n) is 9.29. The van der Waals surface area contributed by atoms with Crippen LogP contribution in [0, 0.1) is 0 Å². The van der Waals surface area contributed by atoms with E-state index < -0.39 is 0 Å². The highest BCUT2D eigenvalue weighted by Crippen LogP contribution is 2.33. The van der Waals surface area contributed by atoms with Gasteiger partial charge in [-0.3, -0.25) is 9.98 Å². The molecule has 6 nitrogen and oxygen atoms in total. The first kappa shape index (κ1) is 18.6. The number of ether oxygens (including phenoxy) is 2. The normalized spacial score (nSPS) is 13.7. The number of fused-ring (bicyclic) bond motifs is 5. The Bertz CT molecular complexity index is 992. The van der Waals surface area contributed by atoms with Gasteiger partial charge < -0.3 is 19.7 Å². The Balaban J connectivity index is 1.76. The van der Waals surface area contributed by atoms with E-state index in [2.05, 4.69) is 9.98 Å². The fraction of sp³-hybridized carbons (Fsp3) is 0.130. The van der Waals surface area contributed by atoms with Crippen LogP contribution in [-0.4, -0.2) is 35.9 Å². The second kappa shape index (κ2) is 8.48. The van der Waals surface area contributed by atoms with Crippen molar-refractivity contribution < 1.29 is 19.7 Å². The van der Waals surface area contributed by atoms with Crippen molar-refractivity contribution >= 4 is 23.8 Å². The zero-order valence-electron chi connectivity index (χ0n) is 15.7. The van der Waals surface area contributed by atoms with Crippen LogP contribution >= 0.6 is 0 Å². The molecule has 0 spiro atoms. The lowest BCUT2D eigenvalue weighted by Crippen LogP contribution is -2.05. The monoisotopic (exact) mass is 388 g/mol. The summed E-state index contributed by atoms with van der Waals surface area (Å²) in [6.07, 6.45) is 3.74. The van der Waals surface area contributed by atoms with Gasteiger partial charge in [0, 0.05) is 30.0 Å². The summed E-state index contributed by atoms with van der Waals surface area (Å²) in [4.78, 5) is 8.96. The average molecular weight is 388 g/mol. The zero-order chi connectivity index (χ0) is 20.1. The highest BCUT2D eigenvalue weighted by Gasteiger charge is 2.10. The lowest BCUT2D eigenvalue weighted by atomic mass is 10.2. The third-order valence-electron chi connectivity index (χ3n) is 4.43. The van der Waals surface area contributed by atoms with Crippen molar-refractivity contribution in [2.45, 2.75) is 6.42 Å². The Labute approximate surface area is 168 Å². The molecular formula is C23H20N2O4. The van der Waals surface area contributed by atoms with E-state index >= 15 is 0 Å². The van der Waals surface area contributed by atoms with Crippen molar-refractivity contribution in [2.24, 2.45) is 9.98 Å². The van der Waals surface area contributed by atoms with Gasteiger partial charge in [-0.15, -0.1) is 0 Å². The predicted octanol–water partition coefficient (Wildman–Crippen LogP) is 4.76. The van der Waals surface area contributed by atoms with Crippen LogP contribution in [0.4, 0.5) is 11.4 Å². The minimum atomic E-state index is 0.0340. The molecule has 0 atom stereocenters. The molecule has 1 aliphatic heterocycles. The molecule has 3 aromatic carbocycles. The van der Waals surface area contributed by atoms with Crippen molar-refractivity contribution in [1.29, 1.82) is 0 Å². The summed E-state index contributed by atoms with van der Waals surface area (Å²) in [6, 6.07) is 17.9. The highest BCUT2D eigenvalue weighted by atomic mass is 16.5. The molecule has 0 radical (unpaired) electrons. The van der Waals surface area contributed by atoms with Gasteiger partial charge in [-0.1, -0.05) is 24.3 Å². The standard InChI is InChI=1S/C23H20N2O4/c26-22-16-6-3-10-20(22)28-12-5-13-29-21-11-4-7-17(23(21)27)15-25-19-9-2-1-8-18(19)24-14-16/h1-4,6-11,14-15,26-27H,5,12-13H2. The summed E-state index contributed by atoms with van der Waals surface area (Å²) in [6.45, 7) is 0.720. The topological polar surface area (TPSA) is 83.6 Å². The van der Waals surface area contributed by atoms with Crippen molar-refractivity contribution in [3.05, 3.63) is 71.8 Å². The largest absolute Gasteiger partial charge is 0.504 e. The van der Waals surface area contributed by atoms with Gasteiger partial charge in [0.2, 0.25) is 0 Å². The second-order valence-corrected chi connectivity index (χ2v) is 6.44. The van der Waals surface area contributed by atoms with E-state index in [1.165, 1.54) is 0 Å². The molecule has 0 aliphatic carbocycles. The van der Waals surface area contributed by atoms with Crippen LogP contribution in [0.25, 0.3) is 0 Å². The van der Waals surface area contributed by atoms with Crippen molar-refractivity contribution in [3.63, 3.8) is 0 Å². The van der Waals surface area contributed by atoms with Gasteiger partial charge in [0.15, 0.2) is 23.0 Å². The van der Waals surface area contributed by atoms with Crippen molar-refractivity contribution in [2.75, 3.05) is 13.2 Å². The first-order valence-corrected chi connectivity index (χ1v) is 9.29. The van der Waals surface area contributed by atoms with Crippen LogP contribution in [0.2, 0.25) is 0 Å². The molecule has 4 rings (SSSR count). The fourth-order valence-corrected chi connectivity index (χ4v) is 2.90. The van der Waals surface area contributed by atoms with Gasteiger partial charge >= 0.3 is 0 Å². The summed E-state index contributed by atoms with van der Waals surface area (Å²) < 4.78 is 11.4. The average Bonchev–Trinajstić information content (AvgIpc) is 2.74. The smallest absolute Gasteiger partial charge is 0.166 e. The maximum Gasteiger partial charge on any atom is 0.166 e. The Morgan fingerprint density at radius 2 is 1.10 bits per heavy atom. The number of nitrogens with zero attached hydrogens (tertiary/aromatic N) is 2. The van der Waals surface area contributed by atoms with Crippen LogP contribution in [0.5, 0.6) is 23.0 Å². The summed E-state index contributed by atoms with van der Waals surface area (Å²) in [5.41, 5.74) is 2.36. The number of hydrogen-bond acceptors (Lipinski definition) is 6. The molecule has 0 aromatic heterocycles. The molecule has 4 bridgehead atoms. The molecular weight excluding hydrogens is 368 g/mol. The quantitative estimate of drug-likeness (QED) is 0.582. The third kappa shape index (κ3) is 4.21. The first-order chi connectivity index (χ1) is 14.2. The van der Waals surface area contributed by atoms with Gasteiger partial charge in [-0.2, -0.15) is 0 Å². The molecule has 0 saturated carbocycles. The Morgan fingerprint density at radius 3 is 1.59 bits per heavy atom. The van der Waals surface area contributed by atoms with E-state index in [1.807, 2.05) is 24.3 Å². The molecule has 6 heteroatoms. The van der Waals surface area contributed by atoms with E-state index in [4.69, 9.17) is 9.47 Å². The highest BCUT2D eigenvalue weighted by molar-refractivity contribution is 5.90. The maximum absolute atomic E-state index is 10.5. The van der Waals surface area contributed by atoms with E-state index in [0.717, 1.165) is 0 Å². The molecule has 0 fully saturated rings. The lowest BCUT2D eigenvalue weighted by Gasteiger charge is -2.11. The Hall–Kier alpha value is -3.80. The van der Waals surface area contributed by atoms with Gasteiger partial charge in [0.25, 0.3) is 0 Å². The number of para-hydroxylation sites is 4. The number of rotatable bonds is 0. The van der Waals surface area contributed by atoms with E-state index in [-0.39, 0.29) is 11.5 Å². The van der Waals surface area contributed by atoms with E-state index in [1.54, 1.807) is 48.8 Å². The lowest BCUT2D eigenvalue weighted by molar-refractivity contribution is 0.236. The van der Waals surface area contributed by atoms with Gasteiger partial charge in [-0.05, 0) is 36.4 Å². The molecule has 29 heavy (non-hydrogen) atoms. The molecule has 1 heterocycles. The summed E-state index contributed by atoms with van der Waals surface area (Å²) in [5.74, 6) is 0.836. The predicted molar refractivity (Wildman–Crippen MR) is 113 cm³/mol. The minimum Gasteiger partial charge on any atom is -0.504 e. The maximum atomic E-state index is 10.5. The fourth-order valence-electron chi connectivity index (χ4n) is 2.90. The van der Waals surface area contributed by atoms with E-state index in [0.29, 0.717) is 53.6 Å². The van der Waals surface area contributed by atoms with Gasteiger partial charge in [0.1, 0.15) is 0 Å². The van der Waals surface area contributed by atoms with Crippen LogP contribution < -0.4 is 9.47 Å². The van der Waals surface area contributed by atoms with Crippen LogP contribution in [0.3, 0.4) is 0 Å². The molecule has 0 saturated heterocycles. The molecule has 1 aliphatic rings. The van der Waals surface area contributed by atoms with Crippen molar-refractivity contribution in [3.8, 4) is 23.0 Å². The van der Waals surface area contributed by atoms with Gasteiger partial charge in [-0.25, -0.2) is 0 Å². The zero-order valence-corrected chi connectivity index (χ0v) is 15.7. The molecule has 0 amide bonds. The van der Waals surface area contributed by atoms with Crippen LogP contribution in [0.15, 0.2) is 70.6 Å². The number of phenolic OH excluding ortho intramolecular Hbond substituents is 2. The van der Waals surface area contributed by atoms with Crippen LogP contribution in [0.1, 0.15) is 17.5 Å². The summed E-state index contributed by atoms with van der Waals surface area (Å²) >= 11 is 0. The number of phenols is 2. The molecule has 146 valence electrons. The van der Waals surface area contributed by atoms with E-state index in [9.17, 15) is 10.2 Å². The SMILES string of the molecule is Oc1c2cccc1OCCCOc1cccc(c1O)C=Nc1ccccc1N=C2. The Kier molecular flexibility index (Phi) is 5.42. The summed E-state index contributed by atoms with van der Waals surface area (Å²) in [7, 11) is 0. The number of aromatic hydroxyl groups is 2.